The van der Waals surface area contributed by atoms with Gasteiger partial charge in [-0.05, 0) is 13.3 Å². The minimum atomic E-state index is 0.479. The molecule has 0 N–H and O–H groups in total. The second kappa shape index (κ2) is 2.44. The van der Waals surface area contributed by atoms with Gasteiger partial charge in [0.2, 0.25) is 0 Å². The molecule has 0 bridgehead atoms. The van der Waals surface area contributed by atoms with Crippen LogP contribution in [-0.2, 0) is 0 Å². The fourth-order valence-electron chi connectivity index (χ4n) is 0.602. The highest BCUT2D eigenvalue weighted by molar-refractivity contribution is 9.10. The van der Waals surface area contributed by atoms with Gasteiger partial charge in [-0.1, -0.05) is 22.0 Å². The van der Waals surface area contributed by atoms with Crippen molar-refractivity contribution in [2.45, 2.75) is 18.2 Å². The maximum atomic E-state index is 4.10. The second-order valence-corrected chi connectivity index (χ2v) is 2.96. The van der Waals surface area contributed by atoms with Gasteiger partial charge in [-0.25, -0.2) is 0 Å². The number of hydrogen-bond acceptors (Lipinski definition) is 1. The van der Waals surface area contributed by atoms with Crippen LogP contribution in [0.2, 0.25) is 0 Å². The van der Waals surface area contributed by atoms with Gasteiger partial charge in [0.15, 0.2) is 0 Å². The highest BCUT2D eigenvalue weighted by atomic mass is 79.9. The molecule has 8 heavy (non-hydrogen) atoms. The van der Waals surface area contributed by atoms with E-state index in [9.17, 15) is 0 Å². The summed E-state index contributed by atoms with van der Waals surface area (Å²) in [6, 6.07) is 0. The molecule has 0 aromatic carbocycles. The number of rotatable bonds is 0. The Morgan fingerprint density at radius 1 is 1.88 bits per heavy atom. The minimum absolute atomic E-state index is 0.479. The Kier molecular flexibility index (Phi) is 1.84. The molecule has 1 unspecified atom stereocenters. The molecule has 44 valence electrons. The van der Waals surface area contributed by atoms with E-state index < -0.39 is 0 Å². The number of alkyl halides is 1. The number of nitrogens with zero attached hydrogens (tertiary/aromatic N) is 1. The minimum Gasteiger partial charge on any atom is -0.265 e. The van der Waals surface area contributed by atoms with Crippen LogP contribution in [0.15, 0.2) is 17.3 Å². The van der Waals surface area contributed by atoms with Crippen molar-refractivity contribution in [3.8, 4) is 0 Å². The first-order valence-corrected chi connectivity index (χ1v) is 3.55. The fourth-order valence-corrected chi connectivity index (χ4v) is 0.936. The van der Waals surface area contributed by atoms with Crippen LogP contribution in [0.3, 0.4) is 0 Å². The Labute approximate surface area is 57.6 Å². The summed E-state index contributed by atoms with van der Waals surface area (Å²) in [7, 11) is 0. The Morgan fingerprint density at radius 3 is 3.00 bits per heavy atom. The Balaban J connectivity index is 2.66. The van der Waals surface area contributed by atoms with Crippen molar-refractivity contribution >= 4 is 21.6 Å². The summed E-state index contributed by atoms with van der Waals surface area (Å²) in [5.41, 5.74) is 1.17. The molecular weight excluding hydrogens is 166 g/mol. The first-order chi connectivity index (χ1) is 3.80. The van der Waals surface area contributed by atoms with Gasteiger partial charge in [0, 0.05) is 11.9 Å². The molecule has 1 atom stereocenters. The van der Waals surface area contributed by atoms with Crippen LogP contribution < -0.4 is 0 Å². The smallest absolute Gasteiger partial charge is 0.0561 e. The normalized spacial score (nSPS) is 27.8. The summed E-state index contributed by atoms with van der Waals surface area (Å²) in [6.45, 7) is 2.03. The number of halogens is 1. The van der Waals surface area contributed by atoms with Gasteiger partial charge >= 0.3 is 0 Å². The van der Waals surface area contributed by atoms with Gasteiger partial charge in [-0.2, -0.15) is 0 Å². The molecule has 0 aromatic rings. The van der Waals surface area contributed by atoms with Crippen molar-refractivity contribution < 1.29 is 0 Å². The van der Waals surface area contributed by atoms with Crippen LogP contribution in [0.4, 0.5) is 0 Å². The molecule has 1 nitrogen and oxygen atoms in total. The summed E-state index contributed by atoms with van der Waals surface area (Å²) in [4.78, 5) is 4.58. The van der Waals surface area contributed by atoms with E-state index in [-0.39, 0.29) is 0 Å². The molecule has 0 fully saturated rings. The van der Waals surface area contributed by atoms with Crippen molar-refractivity contribution in [2.75, 3.05) is 0 Å². The summed E-state index contributed by atoms with van der Waals surface area (Å²) in [5.74, 6) is 0. The predicted molar refractivity (Wildman–Crippen MR) is 39.6 cm³/mol. The molecule has 1 aliphatic rings. The molecule has 0 amide bonds. The van der Waals surface area contributed by atoms with E-state index in [1.165, 1.54) is 5.71 Å². The largest absolute Gasteiger partial charge is 0.265 e. The van der Waals surface area contributed by atoms with E-state index in [1.54, 1.807) is 0 Å². The molecular formula is C6H8BrN. The highest BCUT2D eigenvalue weighted by Gasteiger charge is 2.06. The van der Waals surface area contributed by atoms with Gasteiger partial charge < -0.3 is 0 Å². The third-order valence-corrected chi connectivity index (χ3v) is 2.22. The van der Waals surface area contributed by atoms with Crippen molar-refractivity contribution in [3.05, 3.63) is 12.3 Å². The number of allylic oxidation sites excluding steroid dienone is 1. The highest BCUT2D eigenvalue weighted by Crippen LogP contribution is 2.12. The lowest BCUT2D eigenvalue weighted by Crippen LogP contribution is -2.10. The summed E-state index contributed by atoms with van der Waals surface area (Å²) < 4.78 is 0. The zero-order chi connectivity index (χ0) is 5.98. The molecule has 0 saturated heterocycles. The Morgan fingerprint density at radius 2 is 2.62 bits per heavy atom. The SMILES string of the molecule is CC1=NC=CCC1Br. The average Bonchev–Trinajstić information content (AvgIpc) is 1.77. The lowest BCUT2D eigenvalue weighted by atomic mass is 10.2. The van der Waals surface area contributed by atoms with Crippen LogP contribution in [0.25, 0.3) is 0 Å². The van der Waals surface area contributed by atoms with Crippen molar-refractivity contribution in [3.63, 3.8) is 0 Å². The standard InChI is InChI=1S/C6H8BrN/c1-5-6(7)3-2-4-8-5/h2,4,6H,3H2,1H3. The Hall–Kier alpha value is -0.110. The maximum Gasteiger partial charge on any atom is 0.0561 e. The van der Waals surface area contributed by atoms with Crippen molar-refractivity contribution in [1.29, 1.82) is 0 Å². The van der Waals surface area contributed by atoms with Gasteiger partial charge in [-0.3, -0.25) is 4.99 Å². The summed E-state index contributed by atoms with van der Waals surface area (Å²) in [6.07, 6.45) is 4.99. The van der Waals surface area contributed by atoms with E-state index in [0.29, 0.717) is 4.83 Å². The summed E-state index contributed by atoms with van der Waals surface area (Å²) in [5, 5.41) is 0. The maximum absolute atomic E-state index is 4.10. The van der Waals surface area contributed by atoms with Crippen molar-refractivity contribution in [1.82, 2.24) is 0 Å². The van der Waals surface area contributed by atoms with E-state index in [0.717, 1.165) is 6.42 Å². The van der Waals surface area contributed by atoms with Gasteiger partial charge in [0.25, 0.3) is 0 Å². The fraction of sp³-hybridized carbons (Fsp3) is 0.500. The van der Waals surface area contributed by atoms with E-state index in [4.69, 9.17) is 0 Å². The van der Waals surface area contributed by atoms with Gasteiger partial charge in [-0.15, -0.1) is 0 Å². The van der Waals surface area contributed by atoms with Crippen LogP contribution in [0.5, 0.6) is 0 Å². The first kappa shape index (κ1) is 6.02. The van der Waals surface area contributed by atoms with Crippen LogP contribution >= 0.6 is 15.9 Å². The molecule has 1 rings (SSSR count). The quantitative estimate of drug-likeness (QED) is 0.499. The topological polar surface area (TPSA) is 12.4 Å². The second-order valence-electron chi connectivity index (χ2n) is 1.86. The molecule has 0 aromatic heterocycles. The molecule has 0 radical (unpaired) electrons. The third kappa shape index (κ3) is 1.19. The molecule has 0 spiro atoms. The van der Waals surface area contributed by atoms with Crippen molar-refractivity contribution in [2.24, 2.45) is 4.99 Å². The summed E-state index contributed by atoms with van der Waals surface area (Å²) >= 11 is 3.47. The zero-order valence-corrected chi connectivity index (χ0v) is 6.35. The molecule has 1 aliphatic heterocycles. The zero-order valence-electron chi connectivity index (χ0n) is 4.76. The lowest BCUT2D eigenvalue weighted by Gasteiger charge is -2.07. The monoisotopic (exact) mass is 173 g/mol. The lowest BCUT2D eigenvalue weighted by molar-refractivity contribution is 1.09. The van der Waals surface area contributed by atoms with E-state index >= 15 is 0 Å². The Bertz CT molecular complexity index is 137. The number of aliphatic imine (C=N–C) groups is 1. The molecule has 1 heterocycles. The first-order valence-electron chi connectivity index (χ1n) is 2.64. The third-order valence-electron chi connectivity index (χ3n) is 1.18. The van der Waals surface area contributed by atoms with E-state index in [2.05, 4.69) is 27.0 Å². The molecule has 0 saturated carbocycles. The van der Waals surface area contributed by atoms with Crippen LogP contribution in [0.1, 0.15) is 13.3 Å². The van der Waals surface area contributed by atoms with E-state index in [1.807, 2.05) is 13.1 Å². The average molecular weight is 174 g/mol. The van der Waals surface area contributed by atoms with Gasteiger partial charge in [0.05, 0.1) is 4.83 Å². The van der Waals surface area contributed by atoms with Crippen LogP contribution in [-0.4, -0.2) is 10.5 Å². The van der Waals surface area contributed by atoms with Crippen LogP contribution in [0, 0.1) is 0 Å². The molecule has 0 aliphatic carbocycles. The number of hydrogen-bond donors (Lipinski definition) is 0. The van der Waals surface area contributed by atoms with Gasteiger partial charge in [0.1, 0.15) is 0 Å². The predicted octanol–water partition coefficient (Wildman–Crippen LogP) is 2.13. The molecule has 2 heteroatoms.